The number of rotatable bonds is 28. The van der Waals surface area contributed by atoms with E-state index < -0.39 is 55.1 Å². The number of alkyl halides is 2. The van der Waals surface area contributed by atoms with Crippen LogP contribution in [0, 0.1) is 0 Å². The van der Waals surface area contributed by atoms with Crippen LogP contribution in [0.5, 0.6) is 11.5 Å². The fourth-order valence-electron chi connectivity index (χ4n) is 8.03. The smallest absolute Gasteiger partial charge is 0.229 e. The molecule has 11 atom stereocenters. The van der Waals surface area contributed by atoms with E-state index in [1.165, 1.54) is 57.8 Å². The highest BCUT2D eigenvalue weighted by atomic mass is 35.5. The average molecular weight is 836 g/mol. The lowest BCUT2D eigenvalue weighted by atomic mass is 9.86. The molecule has 12 heteroatoms. The van der Waals surface area contributed by atoms with Gasteiger partial charge >= 0.3 is 0 Å². The molecule has 1 aromatic carbocycles. The van der Waals surface area contributed by atoms with Crippen molar-refractivity contribution in [2.45, 2.75) is 234 Å². The van der Waals surface area contributed by atoms with Crippen molar-refractivity contribution < 1.29 is 50.0 Å². The summed E-state index contributed by atoms with van der Waals surface area (Å²) in [6.45, 7) is 5.78. The average Bonchev–Trinajstić information content (AvgIpc) is 3.17. The molecule has 2 saturated heterocycles. The van der Waals surface area contributed by atoms with Crippen LogP contribution in [0.25, 0.3) is 0 Å². The standard InChI is InChI=1S/C44H76Cl2O10/c1-4-6-8-10-11-12-17-23-32(46)24-18-13-15-21-30-27-35(56-44-42(53)40(51)37(48)29(3)55-44)33(26-20-14-19-25-31(45)22-16-9-7-5-2)38(49)36(30)43-41(52)39(50)34(47)28-54-43/h27,29,31-32,34,37,39-44,47-53H,4-26,28H2,1-3H3. The summed E-state index contributed by atoms with van der Waals surface area (Å²) in [5, 5.41) is 76.1. The van der Waals surface area contributed by atoms with E-state index in [1.54, 1.807) is 13.0 Å². The minimum Gasteiger partial charge on any atom is -0.507 e. The van der Waals surface area contributed by atoms with E-state index in [0.29, 0.717) is 36.0 Å². The highest BCUT2D eigenvalue weighted by molar-refractivity contribution is 6.20. The van der Waals surface area contributed by atoms with Gasteiger partial charge in [-0.1, -0.05) is 110 Å². The van der Waals surface area contributed by atoms with Gasteiger partial charge in [-0.2, -0.15) is 0 Å². The molecule has 1 aromatic rings. The lowest BCUT2D eigenvalue weighted by Crippen LogP contribution is -2.58. The van der Waals surface area contributed by atoms with Crippen LogP contribution in [-0.4, -0.2) is 102 Å². The molecule has 2 heterocycles. The van der Waals surface area contributed by atoms with Crippen molar-refractivity contribution in [1.29, 1.82) is 0 Å². The maximum Gasteiger partial charge on any atom is 0.229 e. The normalized spacial score (nSPS) is 28.0. The molecule has 3 rings (SSSR count). The third kappa shape index (κ3) is 15.9. The molecule has 0 bridgehead atoms. The Morgan fingerprint density at radius 3 is 1.71 bits per heavy atom. The van der Waals surface area contributed by atoms with Gasteiger partial charge in [-0.3, -0.25) is 0 Å². The number of hydrogen-bond acceptors (Lipinski definition) is 10. The van der Waals surface area contributed by atoms with Gasteiger partial charge < -0.3 is 50.0 Å². The van der Waals surface area contributed by atoms with E-state index in [1.807, 2.05) is 0 Å². The molecular weight excluding hydrogens is 759 g/mol. The van der Waals surface area contributed by atoms with Gasteiger partial charge in [-0.15, -0.1) is 23.2 Å². The van der Waals surface area contributed by atoms with Crippen molar-refractivity contribution >= 4 is 23.2 Å². The fourth-order valence-corrected chi connectivity index (χ4v) is 8.65. The molecule has 0 aromatic heterocycles. The van der Waals surface area contributed by atoms with Crippen LogP contribution in [0.4, 0.5) is 0 Å². The monoisotopic (exact) mass is 834 g/mol. The summed E-state index contributed by atoms with van der Waals surface area (Å²) < 4.78 is 18.0. The van der Waals surface area contributed by atoms with Crippen molar-refractivity contribution in [2.75, 3.05) is 6.61 Å². The highest BCUT2D eigenvalue weighted by Crippen LogP contribution is 2.44. The highest BCUT2D eigenvalue weighted by Gasteiger charge is 2.44. The van der Waals surface area contributed by atoms with Crippen LogP contribution in [0.1, 0.15) is 178 Å². The summed E-state index contributed by atoms with van der Waals surface area (Å²) in [7, 11) is 0. The van der Waals surface area contributed by atoms with Crippen molar-refractivity contribution in [2.24, 2.45) is 0 Å². The van der Waals surface area contributed by atoms with Crippen molar-refractivity contribution in [1.82, 2.24) is 0 Å². The minimum absolute atomic E-state index is 0.117. The molecule has 2 aliphatic heterocycles. The minimum atomic E-state index is -1.55. The summed E-state index contributed by atoms with van der Waals surface area (Å²) in [4.78, 5) is 0. The molecule has 7 N–H and O–H groups in total. The van der Waals surface area contributed by atoms with E-state index in [4.69, 9.17) is 37.4 Å². The number of aryl methyl sites for hydroxylation is 1. The Balaban J connectivity index is 1.78. The molecular formula is C44H76Cl2O10. The number of aliphatic hydroxyl groups excluding tert-OH is 6. The first kappa shape index (κ1) is 49.4. The molecule has 0 spiro atoms. The molecule has 0 aliphatic carbocycles. The first-order chi connectivity index (χ1) is 26.9. The molecule has 2 fully saturated rings. The van der Waals surface area contributed by atoms with Gasteiger partial charge in [0.15, 0.2) is 0 Å². The van der Waals surface area contributed by atoms with Gasteiger partial charge in [0, 0.05) is 21.9 Å². The summed E-state index contributed by atoms with van der Waals surface area (Å²) >= 11 is 13.3. The maximum absolute atomic E-state index is 12.1. The second-order valence-corrected chi connectivity index (χ2v) is 17.8. The Morgan fingerprint density at radius 1 is 0.643 bits per heavy atom. The Hall–Kier alpha value is -0.920. The number of aliphatic hydroxyl groups is 6. The predicted molar refractivity (Wildman–Crippen MR) is 223 cm³/mol. The van der Waals surface area contributed by atoms with Gasteiger partial charge in [-0.25, -0.2) is 0 Å². The lowest BCUT2D eigenvalue weighted by molar-refractivity contribution is -0.268. The van der Waals surface area contributed by atoms with E-state index in [0.717, 1.165) is 70.6 Å². The third-order valence-corrected chi connectivity index (χ3v) is 12.6. The van der Waals surface area contributed by atoms with Gasteiger partial charge in [0.1, 0.15) is 54.2 Å². The molecule has 0 amide bonds. The number of unbranched alkanes of at least 4 members (excludes halogenated alkanes) is 13. The van der Waals surface area contributed by atoms with Gasteiger partial charge in [0.2, 0.25) is 6.29 Å². The number of benzene rings is 1. The Labute approximate surface area is 347 Å². The molecule has 56 heavy (non-hydrogen) atoms. The number of halogens is 2. The second-order valence-electron chi connectivity index (χ2n) is 16.5. The number of phenols is 1. The van der Waals surface area contributed by atoms with E-state index >= 15 is 0 Å². The van der Waals surface area contributed by atoms with Crippen molar-refractivity contribution in [3.8, 4) is 11.5 Å². The zero-order valence-electron chi connectivity index (χ0n) is 34.5. The molecule has 11 unspecified atom stereocenters. The molecule has 10 nitrogen and oxygen atoms in total. The molecule has 2 aliphatic rings. The topological polar surface area (TPSA) is 169 Å². The van der Waals surface area contributed by atoms with Crippen LogP contribution in [0.2, 0.25) is 0 Å². The summed E-state index contributed by atoms with van der Waals surface area (Å²) in [6.07, 6.45) is 11.3. The number of phenolic OH excluding ortho intramolecular Hbond substituents is 1. The van der Waals surface area contributed by atoms with Gasteiger partial charge in [0.05, 0.1) is 12.7 Å². The molecule has 0 saturated carbocycles. The largest absolute Gasteiger partial charge is 0.507 e. The van der Waals surface area contributed by atoms with Crippen LogP contribution in [-0.2, 0) is 22.3 Å². The second kappa shape index (κ2) is 27.0. The molecule has 326 valence electrons. The summed E-state index contributed by atoms with van der Waals surface area (Å²) in [6, 6.07) is 1.77. The van der Waals surface area contributed by atoms with Crippen LogP contribution >= 0.6 is 23.2 Å². The zero-order chi connectivity index (χ0) is 41.0. The van der Waals surface area contributed by atoms with Crippen LogP contribution < -0.4 is 4.74 Å². The Kier molecular flexibility index (Phi) is 23.9. The number of hydrogen-bond donors (Lipinski definition) is 7. The molecule has 0 radical (unpaired) electrons. The SMILES string of the molecule is CCCCCCCCCC(Cl)CCCCCc1cc(OC2OC(C)C(O)C(O)C2O)c(CCCCCC(Cl)CCCCCC)c(O)c1C1OCC(O)C(O)C1O. The lowest BCUT2D eigenvalue weighted by Gasteiger charge is -2.39. The van der Waals surface area contributed by atoms with Crippen LogP contribution in [0.15, 0.2) is 6.07 Å². The van der Waals surface area contributed by atoms with E-state index in [2.05, 4.69) is 13.8 Å². The third-order valence-electron chi connectivity index (χ3n) is 11.7. The van der Waals surface area contributed by atoms with E-state index in [-0.39, 0.29) is 28.9 Å². The first-order valence-corrected chi connectivity index (χ1v) is 23.0. The summed E-state index contributed by atoms with van der Waals surface area (Å²) in [5.41, 5.74) is 1.38. The maximum atomic E-state index is 12.1. The van der Waals surface area contributed by atoms with Crippen LogP contribution in [0.3, 0.4) is 0 Å². The number of ether oxygens (including phenoxy) is 3. The Bertz CT molecular complexity index is 1210. The van der Waals surface area contributed by atoms with E-state index in [9.17, 15) is 35.7 Å². The zero-order valence-corrected chi connectivity index (χ0v) is 36.0. The van der Waals surface area contributed by atoms with Crippen molar-refractivity contribution in [3.05, 3.63) is 22.8 Å². The fraction of sp³-hybridized carbons (Fsp3) is 0.864. The quantitative estimate of drug-likeness (QED) is 0.0322. The van der Waals surface area contributed by atoms with Gasteiger partial charge in [0.25, 0.3) is 0 Å². The summed E-state index contributed by atoms with van der Waals surface area (Å²) in [5.74, 6) is 0.111. The number of aromatic hydroxyl groups is 1. The predicted octanol–water partition coefficient (Wildman–Crippen LogP) is 8.28. The Morgan fingerprint density at radius 2 is 1.14 bits per heavy atom. The van der Waals surface area contributed by atoms with Crippen molar-refractivity contribution in [3.63, 3.8) is 0 Å². The first-order valence-electron chi connectivity index (χ1n) is 22.1. The van der Waals surface area contributed by atoms with Gasteiger partial charge in [-0.05, 0) is 69.9 Å².